The van der Waals surface area contributed by atoms with Crippen LogP contribution in [0.5, 0.6) is 0 Å². The summed E-state index contributed by atoms with van der Waals surface area (Å²) >= 11 is 0. The molecule has 2 heterocycles. The molecule has 0 atom stereocenters. The van der Waals surface area contributed by atoms with Gasteiger partial charge >= 0.3 is 12.1 Å². The van der Waals surface area contributed by atoms with Crippen molar-refractivity contribution in [3.05, 3.63) is 0 Å². The lowest BCUT2D eigenvalue weighted by molar-refractivity contribution is -0.192. The van der Waals surface area contributed by atoms with Gasteiger partial charge in [-0.25, -0.2) is 4.79 Å². The molecule has 11 heteroatoms. The molecule has 1 saturated carbocycles. The van der Waals surface area contributed by atoms with Crippen molar-refractivity contribution in [2.45, 2.75) is 31.5 Å². The average Bonchev–Trinajstić information content (AvgIpc) is 2.88. The highest BCUT2D eigenvalue weighted by atomic mass is 32.2. The predicted octanol–water partition coefficient (Wildman–Crippen LogP) is -0.0882. The largest absolute Gasteiger partial charge is 0.490 e. The van der Waals surface area contributed by atoms with E-state index in [2.05, 4.69) is 10.0 Å². The predicted molar refractivity (Wildman–Crippen MR) is 70.3 cm³/mol. The molecule has 0 unspecified atom stereocenters. The van der Waals surface area contributed by atoms with Crippen LogP contribution in [0.3, 0.4) is 0 Å². The molecule has 1 spiro atoms. The molecule has 2 saturated heterocycles. The minimum atomic E-state index is -5.08. The summed E-state index contributed by atoms with van der Waals surface area (Å²) in [5.74, 6) is -2.76. The molecule has 2 aliphatic heterocycles. The summed E-state index contributed by atoms with van der Waals surface area (Å²) in [5.41, 5.74) is 0.110. The zero-order chi connectivity index (χ0) is 16.8. The van der Waals surface area contributed by atoms with E-state index in [0.717, 1.165) is 25.9 Å². The second kappa shape index (κ2) is 5.32. The lowest BCUT2D eigenvalue weighted by Gasteiger charge is -2.55. The molecule has 0 aromatic carbocycles. The molecular weight excluding hydrogens is 327 g/mol. The fourth-order valence-electron chi connectivity index (χ4n) is 2.24. The van der Waals surface area contributed by atoms with E-state index in [-0.39, 0.29) is 11.0 Å². The van der Waals surface area contributed by atoms with Gasteiger partial charge in [0, 0.05) is 37.1 Å². The van der Waals surface area contributed by atoms with Gasteiger partial charge in [0.05, 0.1) is 0 Å². The van der Waals surface area contributed by atoms with E-state index in [9.17, 15) is 21.6 Å². The SMILES string of the molecule is CC1(NS(=O)(=O)N2CC3(CNC3)C2)CC1.O=C(O)C(F)(F)F. The number of carboxylic acids is 1. The zero-order valence-electron chi connectivity index (χ0n) is 11.9. The van der Waals surface area contributed by atoms with E-state index >= 15 is 0 Å². The van der Waals surface area contributed by atoms with Crippen LogP contribution in [0.4, 0.5) is 13.2 Å². The third-order valence-electron chi connectivity index (χ3n) is 3.98. The second-order valence-corrected chi connectivity index (χ2v) is 8.01. The first-order valence-corrected chi connectivity index (χ1v) is 8.12. The summed E-state index contributed by atoms with van der Waals surface area (Å²) < 4.78 is 59.9. The number of nitrogens with zero attached hydrogens (tertiary/aromatic N) is 1. The van der Waals surface area contributed by atoms with Crippen molar-refractivity contribution < 1.29 is 31.5 Å². The first-order valence-electron chi connectivity index (χ1n) is 6.68. The summed E-state index contributed by atoms with van der Waals surface area (Å²) in [6.07, 6.45) is -3.15. The van der Waals surface area contributed by atoms with Crippen molar-refractivity contribution in [1.82, 2.24) is 14.3 Å². The normalized spacial score (nSPS) is 25.5. The van der Waals surface area contributed by atoms with E-state index < -0.39 is 22.4 Å². The Kier molecular flexibility index (Phi) is 4.22. The quantitative estimate of drug-likeness (QED) is 0.664. The first kappa shape index (κ1) is 17.4. The summed E-state index contributed by atoms with van der Waals surface area (Å²) in [6, 6.07) is 0. The molecule has 0 bridgehead atoms. The van der Waals surface area contributed by atoms with Crippen LogP contribution in [0.1, 0.15) is 19.8 Å². The van der Waals surface area contributed by atoms with Crippen LogP contribution >= 0.6 is 0 Å². The van der Waals surface area contributed by atoms with Gasteiger partial charge in [0.25, 0.3) is 10.2 Å². The van der Waals surface area contributed by atoms with Gasteiger partial charge in [-0.05, 0) is 19.8 Å². The van der Waals surface area contributed by atoms with Gasteiger partial charge in [-0.2, -0.15) is 30.6 Å². The molecular formula is C11H18F3N3O4S. The maximum Gasteiger partial charge on any atom is 0.490 e. The van der Waals surface area contributed by atoms with E-state index in [4.69, 9.17) is 9.90 Å². The van der Waals surface area contributed by atoms with Crippen LogP contribution in [0.2, 0.25) is 0 Å². The molecule has 7 nitrogen and oxygen atoms in total. The number of aliphatic carboxylic acids is 1. The maximum atomic E-state index is 11.9. The van der Waals surface area contributed by atoms with Crippen molar-refractivity contribution in [1.29, 1.82) is 0 Å². The summed E-state index contributed by atoms with van der Waals surface area (Å²) in [6.45, 7) is 5.27. The van der Waals surface area contributed by atoms with Gasteiger partial charge in [-0.1, -0.05) is 0 Å². The molecule has 0 aromatic rings. The molecule has 1 aliphatic carbocycles. The van der Waals surface area contributed by atoms with Crippen molar-refractivity contribution in [3.8, 4) is 0 Å². The molecule has 3 aliphatic rings. The highest BCUT2D eigenvalue weighted by Crippen LogP contribution is 2.39. The zero-order valence-corrected chi connectivity index (χ0v) is 12.7. The Morgan fingerprint density at radius 2 is 1.73 bits per heavy atom. The number of alkyl halides is 3. The molecule has 0 amide bonds. The fourth-order valence-corrected chi connectivity index (χ4v) is 4.08. The Balaban J connectivity index is 0.000000217. The van der Waals surface area contributed by atoms with Crippen LogP contribution in [-0.2, 0) is 15.0 Å². The van der Waals surface area contributed by atoms with Crippen LogP contribution in [0.15, 0.2) is 0 Å². The Morgan fingerprint density at radius 1 is 1.27 bits per heavy atom. The van der Waals surface area contributed by atoms with Crippen molar-refractivity contribution in [2.24, 2.45) is 5.41 Å². The molecule has 0 radical (unpaired) electrons. The van der Waals surface area contributed by atoms with Gasteiger partial charge in [0.1, 0.15) is 0 Å². The van der Waals surface area contributed by atoms with E-state index in [0.29, 0.717) is 13.1 Å². The molecule has 3 rings (SSSR count). The Bertz CT molecular complexity index is 547. The number of hydrogen-bond acceptors (Lipinski definition) is 4. The standard InChI is InChI=1S/C9H17N3O2S.C2HF3O2/c1-8(2-3-8)11-15(13,14)12-6-9(7-12)4-10-5-9;3-2(4,5)1(6)7/h10-11H,2-7H2,1H3;(H,6,7). The average molecular weight is 345 g/mol. The lowest BCUT2D eigenvalue weighted by Crippen LogP contribution is -2.73. The van der Waals surface area contributed by atoms with E-state index in [1.807, 2.05) is 6.92 Å². The number of nitrogens with one attached hydrogen (secondary N) is 2. The van der Waals surface area contributed by atoms with Crippen molar-refractivity contribution in [3.63, 3.8) is 0 Å². The van der Waals surface area contributed by atoms with Gasteiger partial charge in [0.2, 0.25) is 0 Å². The third kappa shape index (κ3) is 3.89. The highest BCUT2D eigenvalue weighted by Gasteiger charge is 2.53. The Labute approximate surface area is 126 Å². The smallest absolute Gasteiger partial charge is 0.475 e. The number of rotatable bonds is 3. The van der Waals surface area contributed by atoms with E-state index in [1.54, 1.807) is 4.31 Å². The van der Waals surface area contributed by atoms with Crippen LogP contribution in [0.25, 0.3) is 0 Å². The first-order chi connectivity index (χ1) is 9.88. The van der Waals surface area contributed by atoms with Crippen molar-refractivity contribution in [2.75, 3.05) is 26.2 Å². The molecule has 3 N–H and O–H groups in total. The number of carbonyl (C=O) groups is 1. The van der Waals surface area contributed by atoms with Gasteiger partial charge in [0.15, 0.2) is 0 Å². The maximum absolute atomic E-state index is 11.9. The van der Waals surface area contributed by atoms with Crippen LogP contribution < -0.4 is 10.0 Å². The molecule has 128 valence electrons. The second-order valence-electron chi connectivity index (χ2n) is 6.34. The highest BCUT2D eigenvalue weighted by molar-refractivity contribution is 7.87. The third-order valence-corrected chi connectivity index (χ3v) is 5.67. The topological polar surface area (TPSA) is 98.7 Å². The monoisotopic (exact) mass is 345 g/mol. The molecule has 0 aromatic heterocycles. The van der Waals surface area contributed by atoms with Crippen molar-refractivity contribution >= 4 is 16.2 Å². The number of hydrogen-bond donors (Lipinski definition) is 3. The summed E-state index contributed by atoms with van der Waals surface area (Å²) in [7, 11) is -3.21. The number of carboxylic acid groups (broad SMARTS) is 1. The molecule has 3 fully saturated rings. The lowest BCUT2D eigenvalue weighted by atomic mass is 9.76. The fraction of sp³-hybridized carbons (Fsp3) is 0.909. The van der Waals surface area contributed by atoms with Gasteiger partial charge < -0.3 is 10.4 Å². The molecule has 22 heavy (non-hydrogen) atoms. The van der Waals surface area contributed by atoms with E-state index in [1.165, 1.54) is 0 Å². The minimum Gasteiger partial charge on any atom is -0.475 e. The van der Waals surface area contributed by atoms with Gasteiger partial charge in [-0.3, -0.25) is 0 Å². The summed E-state index contributed by atoms with van der Waals surface area (Å²) in [4.78, 5) is 8.90. The van der Waals surface area contributed by atoms with Crippen LogP contribution in [0, 0.1) is 5.41 Å². The minimum absolute atomic E-state index is 0.153. The number of halogens is 3. The Hall–Kier alpha value is -0.910. The Morgan fingerprint density at radius 3 is 2.00 bits per heavy atom. The summed E-state index contributed by atoms with van der Waals surface area (Å²) in [5, 5.41) is 10.3. The van der Waals surface area contributed by atoms with Gasteiger partial charge in [-0.15, -0.1) is 0 Å². The van der Waals surface area contributed by atoms with Crippen LogP contribution in [-0.4, -0.2) is 61.7 Å².